The molecule has 0 bridgehead atoms. The molecule has 0 N–H and O–H groups in total. The van der Waals surface area contributed by atoms with Gasteiger partial charge in [0.15, 0.2) is 0 Å². The maximum atomic E-state index is 4.24. The van der Waals surface area contributed by atoms with Crippen LogP contribution in [0.1, 0.15) is 20.8 Å². The van der Waals surface area contributed by atoms with E-state index in [0.717, 1.165) is 0 Å². The van der Waals surface area contributed by atoms with Crippen molar-refractivity contribution < 1.29 is 0 Å². The van der Waals surface area contributed by atoms with Gasteiger partial charge < -0.3 is 0 Å². The third-order valence-electron chi connectivity index (χ3n) is 2.17. The molecule has 3 aliphatic rings. The van der Waals surface area contributed by atoms with E-state index in [1.807, 2.05) is 20.8 Å². The standard InChI is InChI=1S/C9H9N7/c1-4-10-7-12-5(2)14-9-15-6(3)13-8(11-4)16(7)9/h1-3H3. The third kappa shape index (κ3) is 1.21. The lowest BCUT2D eigenvalue weighted by Crippen LogP contribution is -2.47. The molecule has 0 atom stereocenters. The Kier molecular flexibility index (Phi) is 1.65. The van der Waals surface area contributed by atoms with Gasteiger partial charge in [0.05, 0.1) is 0 Å². The fourth-order valence-electron chi connectivity index (χ4n) is 1.59. The van der Waals surface area contributed by atoms with Crippen molar-refractivity contribution in [2.75, 3.05) is 0 Å². The van der Waals surface area contributed by atoms with Crippen molar-refractivity contribution in [2.24, 2.45) is 30.0 Å². The van der Waals surface area contributed by atoms with E-state index in [-0.39, 0.29) is 0 Å². The number of guanidine groups is 3. The number of nitrogens with zero attached hydrogens (tertiary/aromatic N) is 7. The molecule has 0 aromatic carbocycles. The molecular formula is C9H9N7. The first-order valence-corrected chi connectivity index (χ1v) is 4.85. The molecule has 0 unspecified atom stereocenters. The molecule has 0 saturated heterocycles. The maximum Gasteiger partial charge on any atom is 0.243 e. The summed E-state index contributed by atoms with van der Waals surface area (Å²) in [6.07, 6.45) is 0. The van der Waals surface area contributed by atoms with Crippen LogP contribution < -0.4 is 0 Å². The molecule has 0 saturated carbocycles. The summed E-state index contributed by atoms with van der Waals surface area (Å²) in [6, 6.07) is 0. The van der Waals surface area contributed by atoms with Gasteiger partial charge in [-0.2, -0.15) is 30.0 Å². The Balaban J connectivity index is 2.24. The van der Waals surface area contributed by atoms with Crippen molar-refractivity contribution in [3.63, 3.8) is 0 Å². The molecule has 3 rings (SSSR count). The molecule has 0 radical (unpaired) electrons. The minimum absolute atomic E-state index is 0.532. The molecule has 0 amide bonds. The zero-order valence-corrected chi connectivity index (χ0v) is 9.13. The van der Waals surface area contributed by atoms with Crippen molar-refractivity contribution in [3.05, 3.63) is 0 Å². The normalized spacial score (nSPS) is 22.3. The van der Waals surface area contributed by atoms with Crippen LogP contribution in [-0.2, 0) is 0 Å². The van der Waals surface area contributed by atoms with Gasteiger partial charge in [0.25, 0.3) is 0 Å². The Morgan fingerprint density at radius 2 is 0.875 bits per heavy atom. The molecule has 80 valence electrons. The summed E-state index contributed by atoms with van der Waals surface area (Å²) < 4.78 is 0. The van der Waals surface area contributed by atoms with Crippen LogP contribution in [0, 0.1) is 0 Å². The van der Waals surface area contributed by atoms with Crippen LogP contribution in [0.5, 0.6) is 0 Å². The van der Waals surface area contributed by atoms with Crippen LogP contribution in [0.15, 0.2) is 30.0 Å². The van der Waals surface area contributed by atoms with Gasteiger partial charge in [-0.3, -0.25) is 0 Å². The van der Waals surface area contributed by atoms with Crippen molar-refractivity contribution >= 4 is 35.4 Å². The Morgan fingerprint density at radius 1 is 0.562 bits per heavy atom. The molecule has 7 nitrogen and oxygen atoms in total. The van der Waals surface area contributed by atoms with Crippen LogP contribution in [0.3, 0.4) is 0 Å². The number of hydrogen-bond donors (Lipinski definition) is 0. The lowest BCUT2D eigenvalue weighted by molar-refractivity contribution is 0.826. The number of aliphatic imine (C=N–C) groups is 6. The van der Waals surface area contributed by atoms with Gasteiger partial charge in [0.2, 0.25) is 17.9 Å². The summed E-state index contributed by atoms with van der Waals surface area (Å²) in [5, 5.41) is 0. The molecule has 0 aliphatic carbocycles. The predicted molar refractivity (Wildman–Crippen MR) is 63.5 cm³/mol. The first kappa shape index (κ1) is 9.08. The molecular weight excluding hydrogens is 206 g/mol. The number of amidine groups is 3. The summed E-state index contributed by atoms with van der Waals surface area (Å²) >= 11 is 0. The quantitative estimate of drug-likeness (QED) is 0.584. The number of rotatable bonds is 0. The topological polar surface area (TPSA) is 77.4 Å². The van der Waals surface area contributed by atoms with Gasteiger partial charge in [0, 0.05) is 0 Å². The van der Waals surface area contributed by atoms with E-state index < -0.39 is 0 Å². The van der Waals surface area contributed by atoms with Gasteiger partial charge in [-0.1, -0.05) is 0 Å². The number of hydrogen-bond acceptors (Lipinski definition) is 7. The van der Waals surface area contributed by atoms with Crippen molar-refractivity contribution in [1.82, 2.24) is 4.90 Å². The van der Waals surface area contributed by atoms with Crippen LogP contribution in [0.25, 0.3) is 0 Å². The maximum absolute atomic E-state index is 4.24. The first-order chi connectivity index (χ1) is 7.63. The molecule has 3 heterocycles. The Labute approximate surface area is 91.8 Å². The van der Waals surface area contributed by atoms with Crippen molar-refractivity contribution in [3.8, 4) is 0 Å². The van der Waals surface area contributed by atoms with E-state index in [1.54, 1.807) is 4.90 Å². The van der Waals surface area contributed by atoms with Crippen LogP contribution >= 0.6 is 0 Å². The molecule has 7 heteroatoms. The lowest BCUT2D eigenvalue weighted by Gasteiger charge is -2.28. The second kappa shape index (κ2) is 2.91. The zero-order valence-electron chi connectivity index (χ0n) is 9.13. The average Bonchev–Trinajstić information content (AvgIpc) is 2.14. The fraction of sp³-hybridized carbons (Fsp3) is 0.333. The molecule has 0 aromatic heterocycles. The Morgan fingerprint density at radius 3 is 1.19 bits per heavy atom. The predicted octanol–water partition coefficient (Wildman–Crippen LogP) is 0.652. The van der Waals surface area contributed by atoms with Gasteiger partial charge in [0.1, 0.15) is 17.5 Å². The molecule has 0 fully saturated rings. The summed E-state index contributed by atoms with van der Waals surface area (Å²) in [7, 11) is 0. The minimum atomic E-state index is 0.532. The summed E-state index contributed by atoms with van der Waals surface area (Å²) in [6.45, 7) is 5.43. The zero-order chi connectivity index (χ0) is 11.3. The molecule has 0 spiro atoms. The van der Waals surface area contributed by atoms with Gasteiger partial charge in [-0.15, -0.1) is 0 Å². The highest BCUT2D eigenvalue weighted by Crippen LogP contribution is 2.16. The SMILES string of the molecule is CC1=NC2=NC(C)=NC3=NC(C)=NC(=N1)N23. The van der Waals surface area contributed by atoms with E-state index in [2.05, 4.69) is 30.0 Å². The first-order valence-electron chi connectivity index (χ1n) is 4.85. The summed E-state index contributed by atoms with van der Waals surface area (Å²) in [5.41, 5.74) is 0. The van der Waals surface area contributed by atoms with Crippen LogP contribution in [-0.4, -0.2) is 40.3 Å². The highest BCUT2D eigenvalue weighted by molar-refractivity contribution is 6.29. The van der Waals surface area contributed by atoms with Gasteiger partial charge >= 0.3 is 0 Å². The van der Waals surface area contributed by atoms with E-state index in [9.17, 15) is 0 Å². The smallest absolute Gasteiger partial charge is 0.213 e. The highest BCUT2D eigenvalue weighted by Gasteiger charge is 2.32. The summed E-state index contributed by atoms with van der Waals surface area (Å²) in [4.78, 5) is 27.1. The molecule has 16 heavy (non-hydrogen) atoms. The monoisotopic (exact) mass is 215 g/mol. The minimum Gasteiger partial charge on any atom is -0.213 e. The van der Waals surface area contributed by atoms with E-state index in [0.29, 0.717) is 35.4 Å². The van der Waals surface area contributed by atoms with E-state index >= 15 is 0 Å². The second-order valence-electron chi connectivity index (χ2n) is 3.55. The fourth-order valence-corrected chi connectivity index (χ4v) is 1.59. The Bertz CT molecular complexity index is 478. The molecule has 0 aromatic rings. The van der Waals surface area contributed by atoms with Gasteiger partial charge in [-0.05, 0) is 20.8 Å². The average molecular weight is 215 g/mol. The molecule has 3 aliphatic heterocycles. The Hall–Kier alpha value is -2.18. The van der Waals surface area contributed by atoms with Gasteiger partial charge in [-0.25, -0.2) is 4.90 Å². The summed E-state index contributed by atoms with van der Waals surface area (Å²) in [5.74, 6) is 3.51. The van der Waals surface area contributed by atoms with Crippen molar-refractivity contribution in [1.29, 1.82) is 0 Å². The van der Waals surface area contributed by atoms with E-state index in [4.69, 9.17) is 0 Å². The lowest BCUT2D eigenvalue weighted by atomic mass is 10.4. The highest BCUT2D eigenvalue weighted by atomic mass is 15.5. The third-order valence-corrected chi connectivity index (χ3v) is 2.17. The van der Waals surface area contributed by atoms with Crippen LogP contribution in [0.4, 0.5) is 0 Å². The van der Waals surface area contributed by atoms with Crippen molar-refractivity contribution in [2.45, 2.75) is 20.8 Å². The largest absolute Gasteiger partial charge is 0.243 e. The van der Waals surface area contributed by atoms with Crippen LogP contribution in [0.2, 0.25) is 0 Å². The van der Waals surface area contributed by atoms with E-state index in [1.165, 1.54) is 0 Å². The second-order valence-corrected chi connectivity index (χ2v) is 3.55.